The highest BCUT2D eigenvalue weighted by molar-refractivity contribution is 7.99. The SMILES string of the molecule is CCn1c(SCCC(=O)Nc2cccc(Cl)c2)nnc1-c1ccc(Cl)cc1. The van der Waals surface area contributed by atoms with Crippen molar-refractivity contribution in [3.05, 3.63) is 58.6 Å². The van der Waals surface area contributed by atoms with E-state index in [9.17, 15) is 4.79 Å². The van der Waals surface area contributed by atoms with E-state index < -0.39 is 0 Å². The van der Waals surface area contributed by atoms with Gasteiger partial charge in [0.05, 0.1) is 0 Å². The molecule has 2 aromatic carbocycles. The van der Waals surface area contributed by atoms with E-state index in [4.69, 9.17) is 23.2 Å². The van der Waals surface area contributed by atoms with Crippen LogP contribution in [-0.4, -0.2) is 26.4 Å². The van der Waals surface area contributed by atoms with Crippen molar-refractivity contribution in [1.29, 1.82) is 0 Å². The smallest absolute Gasteiger partial charge is 0.225 e. The second-order valence-corrected chi connectivity index (χ2v) is 7.65. The standard InChI is InChI=1S/C19H18Cl2N4OS/c1-2-25-18(13-6-8-14(20)9-7-13)23-24-19(25)27-11-10-17(26)22-16-5-3-4-15(21)12-16/h3-9,12H,2,10-11H2,1H3,(H,22,26). The third kappa shape index (κ3) is 5.25. The van der Waals surface area contributed by atoms with Gasteiger partial charge in [0.15, 0.2) is 11.0 Å². The van der Waals surface area contributed by atoms with Crippen LogP contribution < -0.4 is 5.32 Å². The molecule has 0 aliphatic carbocycles. The first kappa shape index (κ1) is 19.7. The summed E-state index contributed by atoms with van der Waals surface area (Å²) in [5, 5.41) is 13.5. The van der Waals surface area contributed by atoms with Gasteiger partial charge in [-0.1, -0.05) is 41.0 Å². The van der Waals surface area contributed by atoms with Crippen molar-refractivity contribution < 1.29 is 4.79 Å². The first-order chi connectivity index (χ1) is 13.1. The number of rotatable bonds is 7. The molecule has 0 aliphatic rings. The number of benzene rings is 2. The second kappa shape index (κ2) is 9.26. The number of nitrogens with zero attached hydrogens (tertiary/aromatic N) is 3. The zero-order chi connectivity index (χ0) is 19.2. The molecule has 27 heavy (non-hydrogen) atoms. The second-order valence-electron chi connectivity index (χ2n) is 5.71. The Labute approximate surface area is 172 Å². The van der Waals surface area contributed by atoms with Gasteiger partial charge in [-0.15, -0.1) is 10.2 Å². The molecule has 5 nitrogen and oxygen atoms in total. The van der Waals surface area contributed by atoms with E-state index in [-0.39, 0.29) is 5.91 Å². The molecule has 0 atom stereocenters. The summed E-state index contributed by atoms with van der Waals surface area (Å²) in [5.74, 6) is 1.33. The Kier molecular flexibility index (Phi) is 6.77. The van der Waals surface area contributed by atoms with E-state index in [2.05, 4.69) is 15.5 Å². The Hall–Kier alpha value is -2.02. The fourth-order valence-corrected chi connectivity index (χ4v) is 3.77. The van der Waals surface area contributed by atoms with Crippen molar-refractivity contribution in [2.45, 2.75) is 25.0 Å². The maximum atomic E-state index is 12.1. The number of amides is 1. The summed E-state index contributed by atoms with van der Waals surface area (Å²) in [6, 6.07) is 14.6. The molecule has 0 spiro atoms. The number of halogens is 2. The van der Waals surface area contributed by atoms with E-state index in [1.54, 1.807) is 18.2 Å². The molecule has 0 unspecified atom stereocenters. The van der Waals surface area contributed by atoms with E-state index >= 15 is 0 Å². The Morgan fingerprint density at radius 3 is 2.59 bits per heavy atom. The first-order valence-electron chi connectivity index (χ1n) is 8.44. The Morgan fingerprint density at radius 2 is 1.89 bits per heavy atom. The molecule has 3 aromatic rings. The molecule has 0 radical (unpaired) electrons. The van der Waals surface area contributed by atoms with Gasteiger partial charge in [0.1, 0.15) is 0 Å². The molecule has 0 bridgehead atoms. The van der Waals surface area contributed by atoms with Crippen LogP contribution >= 0.6 is 35.0 Å². The lowest BCUT2D eigenvalue weighted by molar-refractivity contribution is -0.115. The molecular weight excluding hydrogens is 403 g/mol. The number of carbonyl (C=O) groups is 1. The molecule has 3 rings (SSSR count). The maximum absolute atomic E-state index is 12.1. The number of hydrogen-bond acceptors (Lipinski definition) is 4. The molecule has 0 saturated heterocycles. The molecule has 140 valence electrons. The number of aromatic nitrogens is 3. The summed E-state index contributed by atoms with van der Waals surface area (Å²) in [4.78, 5) is 12.1. The van der Waals surface area contributed by atoms with Crippen LogP contribution in [0.1, 0.15) is 13.3 Å². The van der Waals surface area contributed by atoms with Crippen molar-refractivity contribution in [2.75, 3.05) is 11.1 Å². The largest absolute Gasteiger partial charge is 0.326 e. The van der Waals surface area contributed by atoms with Crippen LogP contribution in [0.25, 0.3) is 11.4 Å². The zero-order valence-corrected chi connectivity index (χ0v) is 17.0. The highest BCUT2D eigenvalue weighted by Gasteiger charge is 2.13. The average molecular weight is 421 g/mol. The van der Waals surface area contributed by atoms with Crippen LogP contribution in [0.2, 0.25) is 10.0 Å². The van der Waals surface area contributed by atoms with Crippen LogP contribution in [0.5, 0.6) is 0 Å². The van der Waals surface area contributed by atoms with Gasteiger partial charge in [-0.3, -0.25) is 4.79 Å². The van der Waals surface area contributed by atoms with E-state index in [1.165, 1.54) is 11.8 Å². The van der Waals surface area contributed by atoms with Crippen LogP contribution in [0.4, 0.5) is 5.69 Å². The Balaban J connectivity index is 1.59. The predicted octanol–water partition coefficient (Wildman–Crippen LogP) is 5.39. The highest BCUT2D eigenvalue weighted by Crippen LogP contribution is 2.25. The minimum absolute atomic E-state index is 0.0646. The van der Waals surface area contributed by atoms with E-state index in [0.29, 0.717) is 27.9 Å². The zero-order valence-electron chi connectivity index (χ0n) is 14.7. The Bertz CT molecular complexity index is 928. The fraction of sp³-hybridized carbons (Fsp3) is 0.211. The lowest BCUT2D eigenvalue weighted by atomic mass is 10.2. The quantitative estimate of drug-likeness (QED) is 0.520. The van der Waals surface area contributed by atoms with Gasteiger partial charge in [0.2, 0.25) is 5.91 Å². The topological polar surface area (TPSA) is 59.8 Å². The minimum Gasteiger partial charge on any atom is -0.326 e. The average Bonchev–Trinajstić information content (AvgIpc) is 3.05. The minimum atomic E-state index is -0.0646. The summed E-state index contributed by atoms with van der Waals surface area (Å²) in [7, 11) is 0. The van der Waals surface area contributed by atoms with Crippen LogP contribution in [-0.2, 0) is 11.3 Å². The molecule has 1 heterocycles. The van der Waals surface area contributed by atoms with Gasteiger partial charge >= 0.3 is 0 Å². The van der Waals surface area contributed by atoms with Gasteiger partial charge in [-0.2, -0.15) is 0 Å². The molecule has 1 aromatic heterocycles. The normalized spacial score (nSPS) is 10.8. The van der Waals surface area contributed by atoms with Crippen molar-refractivity contribution in [3.8, 4) is 11.4 Å². The summed E-state index contributed by atoms with van der Waals surface area (Å²) in [6.07, 6.45) is 0.365. The maximum Gasteiger partial charge on any atom is 0.225 e. The van der Waals surface area contributed by atoms with Gasteiger partial charge in [0, 0.05) is 40.0 Å². The summed E-state index contributed by atoms with van der Waals surface area (Å²) in [5.41, 5.74) is 1.65. The van der Waals surface area contributed by atoms with Crippen molar-refractivity contribution in [2.24, 2.45) is 0 Å². The van der Waals surface area contributed by atoms with E-state index in [0.717, 1.165) is 23.1 Å². The third-order valence-electron chi connectivity index (χ3n) is 3.80. The molecule has 0 fully saturated rings. The molecule has 1 N–H and O–H groups in total. The lowest BCUT2D eigenvalue weighted by Gasteiger charge is -2.08. The summed E-state index contributed by atoms with van der Waals surface area (Å²) >= 11 is 13.4. The molecule has 0 saturated carbocycles. The fourth-order valence-electron chi connectivity index (χ4n) is 2.52. The summed E-state index contributed by atoms with van der Waals surface area (Å²) in [6.45, 7) is 2.78. The number of hydrogen-bond donors (Lipinski definition) is 1. The van der Waals surface area contributed by atoms with Crippen LogP contribution in [0, 0.1) is 0 Å². The van der Waals surface area contributed by atoms with Crippen molar-refractivity contribution in [3.63, 3.8) is 0 Å². The van der Waals surface area contributed by atoms with Crippen molar-refractivity contribution >= 4 is 46.6 Å². The summed E-state index contributed by atoms with van der Waals surface area (Å²) < 4.78 is 2.03. The van der Waals surface area contributed by atoms with Crippen LogP contribution in [0.3, 0.4) is 0 Å². The monoisotopic (exact) mass is 420 g/mol. The van der Waals surface area contributed by atoms with Crippen molar-refractivity contribution in [1.82, 2.24) is 14.8 Å². The van der Waals surface area contributed by atoms with Gasteiger partial charge in [-0.25, -0.2) is 0 Å². The van der Waals surface area contributed by atoms with Gasteiger partial charge in [0.25, 0.3) is 0 Å². The van der Waals surface area contributed by atoms with Gasteiger partial charge in [-0.05, 0) is 49.4 Å². The number of thioether (sulfide) groups is 1. The predicted molar refractivity (Wildman–Crippen MR) is 112 cm³/mol. The number of nitrogens with one attached hydrogen (secondary N) is 1. The molecule has 0 aliphatic heterocycles. The number of carbonyl (C=O) groups excluding carboxylic acids is 1. The third-order valence-corrected chi connectivity index (χ3v) is 5.26. The molecule has 8 heteroatoms. The van der Waals surface area contributed by atoms with Crippen LogP contribution in [0.15, 0.2) is 53.7 Å². The first-order valence-corrected chi connectivity index (χ1v) is 10.2. The molecule has 1 amide bonds. The Morgan fingerprint density at radius 1 is 1.11 bits per heavy atom. The number of anilines is 1. The highest BCUT2D eigenvalue weighted by atomic mass is 35.5. The van der Waals surface area contributed by atoms with E-state index in [1.807, 2.05) is 41.8 Å². The lowest BCUT2D eigenvalue weighted by Crippen LogP contribution is -2.12. The molecular formula is C19H18Cl2N4OS. The van der Waals surface area contributed by atoms with Gasteiger partial charge < -0.3 is 9.88 Å².